The van der Waals surface area contributed by atoms with Gasteiger partial charge in [-0.1, -0.05) is 0 Å². The molecule has 2 aromatic heterocycles. The van der Waals surface area contributed by atoms with Crippen molar-refractivity contribution in [1.82, 2.24) is 24.9 Å². The highest BCUT2D eigenvalue weighted by Gasteiger charge is 2.30. The van der Waals surface area contributed by atoms with Gasteiger partial charge in [-0.15, -0.1) is 0 Å². The Kier molecular flexibility index (Phi) is 3.89. The van der Waals surface area contributed by atoms with Crippen molar-refractivity contribution in [3.05, 3.63) is 34.9 Å². The van der Waals surface area contributed by atoms with Crippen molar-refractivity contribution in [3.8, 4) is 0 Å². The van der Waals surface area contributed by atoms with Crippen LogP contribution in [0.25, 0.3) is 0 Å². The van der Waals surface area contributed by atoms with Gasteiger partial charge in [0.15, 0.2) is 0 Å². The topological polar surface area (TPSA) is 87.0 Å². The fraction of sp³-hybridized carbons (Fsp3) is 0.462. The van der Waals surface area contributed by atoms with E-state index >= 15 is 0 Å². The van der Waals surface area contributed by atoms with Crippen LogP contribution in [0.1, 0.15) is 28.7 Å². The predicted molar refractivity (Wildman–Crippen MR) is 73.1 cm³/mol. The number of hydrogen-bond donors (Lipinski definition) is 2. The normalized spacial score (nSPS) is 12.8. The summed E-state index contributed by atoms with van der Waals surface area (Å²) in [4.78, 5) is 13.4. The van der Waals surface area contributed by atoms with Crippen molar-refractivity contribution in [3.63, 3.8) is 0 Å². The summed E-state index contributed by atoms with van der Waals surface area (Å²) in [6, 6.07) is 1.10. The molecule has 0 saturated carbocycles. The van der Waals surface area contributed by atoms with E-state index in [1.165, 1.54) is 0 Å². The molecule has 0 unspecified atom stereocenters. The fourth-order valence-electron chi connectivity index (χ4n) is 2.45. The molecule has 2 aromatic rings. The van der Waals surface area contributed by atoms with Crippen LogP contribution in [-0.4, -0.2) is 43.0 Å². The number of aromatic amines is 1. The summed E-state index contributed by atoms with van der Waals surface area (Å²) >= 11 is 0. The minimum Gasteiger partial charge on any atom is -0.480 e. The number of aryl methyl sites for hydroxylation is 2. The zero-order chi connectivity index (χ0) is 14.9. The third kappa shape index (κ3) is 2.57. The number of likely N-dealkylation sites (N-methyl/N-ethyl adjacent to an activating group) is 1. The minimum absolute atomic E-state index is 0.477. The molecule has 0 aliphatic carbocycles. The lowest BCUT2D eigenvalue weighted by molar-refractivity contribution is -0.143. The Hall–Kier alpha value is -2.15. The summed E-state index contributed by atoms with van der Waals surface area (Å²) in [5.41, 5.74) is 3.24. The lowest BCUT2D eigenvalue weighted by Gasteiger charge is -2.24. The van der Waals surface area contributed by atoms with Gasteiger partial charge in [-0.05, 0) is 27.0 Å². The van der Waals surface area contributed by atoms with Crippen LogP contribution < -0.4 is 0 Å². The molecular weight excluding hydrogens is 258 g/mol. The lowest BCUT2D eigenvalue weighted by Crippen LogP contribution is -2.31. The molecule has 7 heteroatoms. The SMILES string of the molecule is Cc1nn(C)c(C)c1[C@H](C(=O)O)N(C)Cc1ccn[nH]1. The van der Waals surface area contributed by atoms with Crippen molar-refractivity contribution < 1.29 is 9.90 Å². The largest absolute Gasteiger partial charge is 0.480 e. The second kappa shape index (κ2) is 5.46. The van der Waals surface area contributed by atoms with E-state index in [2.05, 4.69) is 15.3 Å². The highest BCUT2D eigenvalue weighted by Crippen LogP contribution is 2.27. The second-order valence-electron chi connectivity index (χ2n) is 4.95. The van der Waals surface area contributed by atoms with Crippen LogP contribution >= 0.6 is 0 Å². The van der Waals surface area contributed by atoms with E-state index in [9.17, 15) is 9.90 Å². The molecule has 0 spiro atoms. The van der Waals surface area contributed by atoms with Crippen LogP contribution in [0.4, 0.5) is 0 Å². The fourth-order valence-corrected chi connectivity index (χ4v) is 2.45. The molecule has 0 amide bonds. The summed E-state index contributed by atoms with van der Waals surface area (Å²) in [6.45, 7) is 4.20. The molecule has 0 bridgehead atoms. The van der Waals surface area contributed by atoms with E-state index in [1.807, 2.05) is 27.0 Å². The summed E-state index contributed by atoms with van der Waals surface area (Å²) in [7, 11) is 3.60. The summed E-state index contributed by atoms with van der Waals surface area (Å²) in [5.74, 6) is -0.883. The average Bonchev–Trinajstić information content (AvgIpc) is 2.93. The van der Waals surface area contributed by atoms with E-state index in [1.54, 1.807) is 22.8 Å². The number of carbonyl (C=O) groups is 1. The predicted octanol–water partition coefficient (Wildman–Crippen LogP) is 1.02. The van der Waals surface area contributed by atoms with Crippen LogP contribution in [0, 0.1) is 13.8 Å². The Morgan fingerprint density at radius 3 is 2.70 bits per heavy atom. The van der Waals surface area contributed by atoms with Crippen LogP contribution in [0.5, 0.6) is 0 Å². The van der Waals surface area contributed by atoms with Crippen LogP contribution in [0.3, 0.4) is 0 Å². The first-order valence-corrected chi connectivity index (χ1v) is 6.33. The highest BCUT2D eigenvalue weighted by molar-refractivity contribution is 5.76. The highest BCUT2D eigenvalue weighted by atomic mass is 16.4. The Labute approximate surface area is 117 Å². The van der Waals surface area contributed by atoms with Gasteiger partial charge in [-0.25, -0.2) is 0 Å². The van der Waals surface area contributed by atoms with Crippen molar-refractivity contribution in [2.24, 2.45) is 7.05 Å². The molecule has 0 aliphatic heterocycles. The number of hydrogen-bond acceptors (Lipinski definition) is 4. The lowest BCUT2D eigenvalue weighted by atomic mass is 10.0. The van der Waals surface area contributed by atoms with Crippen molar-refractivity contribution in [1.29, 1.82) is 0 Å². The van der Waals surface area contributed by atoms with E-state index in [-0.39, 0.29) is 0 Å². The van der Waals surface area contributed by atoms with Crippen molar-refractivity contribution >= 4 is 5.97 Å². The van der Waals surface area contributed by atoms with Gasteiger partial charge in [0.2, 0.25) is 0 Å². The molecule has 2 rings (SSSR count). The first-order valence-electron chi connectivity index (χ1n) is 6.33. The van der Waals surface area contributed by atoms with Gasteiger partial charge in [-0.2, -0.15) is 10.2 Å². The Balaban J connectivity index is 2.33. The molecule has 20 heavy (non-hydrogen) atoms. The van der Waals surface area contributed by atoms with E-state index < -0.39 is 12.0 Å². The number of nitrogens with one attached hydrogen (secondary N) is 1. The maximum atomic E-state index is 11.7. The monoisotopic (exact) mass is 277 g/mol. The average molecular weight is 277 g/mol. The molecule has 0 fully saturated rings. The minimum atomic E-state index is -0.883. The van der Waals surface area contributed by atoms with Crippen molar-refractivity contribution in [2.75, 3.05) is 7.05 Å². The maximum absolute atomic E-state index is 11.7. The van der Waals surface area contributed by atoms with Crippen LogP contribution in [0.2, 0.25) is 0 Å². The Morgan fingerprint density at radius 2 is 2.25 bits per heavy atom. The number of rotatable bonds is 5. The number of carboxylic acid groups (broad SMARTS) is 1. The molecule has 2 N–H and O–H groups in total. The van der Waals surface area contributed by atoms with Crippen LogP contribution in [-0.2, 0) is 18.4 Å². The standard InChI is InChI=1S/C13H19N5O2/c1-8-11(9(2)18(4)16-8)12(13(19)20)17(3)7-10-5-6-14-15-10/h5-6,12H,7H2,1-4H3,(H,14,15)(H,19,20)/t12-/m1/s1. The third-order valence-electron chi connectivity index (χ3n) is 3.49. The third-order valence-corrected chi connectivity index (χ3v) is 3.49. The van der Waals surface area contributed by atoms with Gasteiger partial charge >= 0.3 is 5.97 Å². The molecule has 0 aliphatic rings. The Bertz CT molecular complexity index is 603. The van der Waals surface area contributed by atoms with Crippen LogP contribution in [0.15, 0.2) is 12.3 Å². The molecule has 2 heterocycles. The van der Waals surface area contributed by atoms with E-state index in [0.29, 0.717) is 6.54 Å². The van der Waals surface area contributed by atoms with Gasteiger partial charge in [0.05, 0.1) is 5.69 Å². The first kappa shape index (κ1) is 14.3. The van der Waals surface area contributed by atoms with Gasteiger partial charge in [0.25, 0.3) is 0 Å². The molecule has 7 nitrogen and oxygen atoms in total. The molecule has 108 valence electrons. The zero-order valence-corrected chi connectivity index (χ0v) is 12.1. The molecule has 0 saturated heterocycles. The zero-order valence-electron chi connectivity index (χ0n) is 12.1. The summed E-state index contributed by atoms with van der Waals surface area (Å²) in [6.07, 6.45) is 1.65. The number of H-pyrrole nitrogens is 1. The molecule has 1 atom stereocenters. The number of nitrogens with zero attached hydrogens (tertiary/aromatic N) is 4. The molecule has 0 aromatic carbocycles. The Morgan fingerprint density at radius 1 is 1.55 bits per heavy atom. The summed E-state index contributed by atoms with van der Waals surface area (Å²) in [5, 5.41) is 20.6. The quantitative estimate of drug-likeness (QED) is 0.852. The molecular formula is C13H19N5O2. The van der Waals surface area contributed by atoms with Crippen molar-refractivity contribution in [2.45, 2.75) is 26.4 Å². The maximum Gasteiger partial charge on any atom is 0.325 e. The van der Waals surface area contributed by atoms with Gasteiger partial charge in [0.1, 0.15) is 6.04 Å². The van der Waals surface area contributed by atoms with E-state index in [0.717, 1.165) is 22.6 Å². The smallest absolute Gasteiger partial charge is 0.325 e. The van der Waals surface area contributed by atoms with Gasteiger partial charge < -0.3 is 5.11 Å². The first-order chi connectivity index (χ1) is 9.41. The van der Waals surface area contributed by atoms with E-state index in [4.69, 9.17) is 0 Å². The second-order valence-corrected chi connectivity index (χ2v) is 4.95. The molecule has 0 radical (unpaired) electrons. The number of carboxylic acids is 1. The number of aliphatic carboxylic acids is 1. The van der Waals surface area contributed by atoms with Gasteiger partial charge in [-0.3, -0.25) is 19.5 Å². The summed E-state index contributed by atoms with van der Waals surface area (Å²) < 4.78 is 1.71. The number of aromatic nitrogens is 4. The van der Waals surface area contributed by atoms with Gasteiger partial charge in [0, 0.05) is 36.7 Å².